The first-order valence-electron chi connectivity index (χ1n) is 8.87. The highest BCUT2D eigenvalue weighted by molar-refractivity contribution is 6.31. The van der Waals surface area contributed by atoms with E-state index in [9.17, 15) is 4.79 Å². The average molecular weight is 423 g/mol. The largest absolute Gasteiger partial charge is 0.319 e. The topological polar surface area (TPSA) is 59.8 Å². The number of nitrogens with zero attached hydrogens (tertiary/aromatic N) is 3. The summed E-state index contributed by atoms with van der Waals surface area (Å²) in [4.78, 5) is 17.3. The lowest BCUT2D eigenvalue weighted by Crippen LogP contribution is -2.14. The maximum atomic E-state index is 12.8. The van der Waals surface area contributed by atoms with Crippen LogP contribution in [0.25, 0.3) is 17.1 Å². The molecule has 3 aromatic carbocycles. The fourth-order valence-electron chi connectivity index (χ4n) is 2.80. The number of amides is 1. The number of hydrogen-bond donors (Lipinski definition) is 1. The van der Waals surface area contributed by atoms with Crippen LogP contribution in [0.5, 0.6) is 0 Å². The number of benzene rings is 3. The summed E-state index contributed by atoms with van der Waals surface area (Å²) in [6.45, 7) is 1.90. The summed E-state index contributed by atoms with van der Waals surface area (Å²) >= 11 is 12.2. The minimum Gasteiger partial charge on any atom is -0.319 e. The maximum Gasteiger partial charge on any atom is 0.295 e. The maximum absolute atomic E-state index is 12.8. The average Bonchev–Trinajstić information content (AvgIpc) is 3.18. The Morgan fingerprint density at radius 1 is 0.966 bits per heavy atom. The molecule has 7 heteroatoms. The number of halogens is 2. The van der Waals surface area contributed by atoms with Crippen LogP contribution in [0, 0.1) is 6.92 Å². The smallest absolute Gasteiger partial charge is 0.295 e. The van der Waals surface area contributed by atoms with Gasteiger partial charge in [-0.1, -0.05) is 59.6 Å². The summed E-state index contributed by atoms with van der Waals surface area (Å²) in [5, 5.41) is 8.43. The Morgan fingerprint density at radius 2 is 1.69 bits per heavy atom. The van der Waals surface area contributed by atoms with E-state index in [1.165, 1.54) is 0 Å². The molecule has 1 heterocycles. The second-order valence-electron chi connectivity index (χ2n) is 6.43. The van der Waals surface area contributed by atoms with Gasteiger partial charge in [-0.2, -0.15) is 0 Å². The standard InChI is InChI=1S/C22H16Cl2N4O/c1-14-7-10-17(13-19(14)24)25-22(29)20-26-21(15-5-3-2-4-6-15)28(27-20)18-11-8-16(23)9-12-18/h2-13H,1H3,(H,25,29). The minimum absolute atomic E-state index is 0.0514. The summed E-state index contributed by atoms with van der Waals surface area (Å²) in [6, 6.07) is 22.1. The molecule has 0 aliphatic heterocycles. The highest BCUT2D eigenvalue weighted by Crippen LogP contribution is 2.24. The predicted octanol–water partition coefficient (Wildman–Crippen LogP) is 5.80. The van der Waals surface area contributed by atoms with Crippen molar-refractivity contribution in [3.63, 3.8) is 0 Å². The predicted molar refractivity (Wildman–Crippen MR) is 116 cm³/mol. The van der Waals surface area contributed by atoms with Crippen molar-refractivity contribution in [2.75, 3.05) is 5.32 Å². The van der Waals surface area contributed by atoms with E-state index in [0.29, 0.717) is 21.6 Å². The van der Waals surface area contributed by atoms with E-state index in [-0.39, 0.29) is 5.82 Å². The molecule has 4 aromatic rings. The first-order chi connectivity index (χ1) is 14.0. The minimum atomic E-state index is -0.421. The van der Waals surface area contributed by atoms with Gasteiger partial charge in [-0.05, 0) is 48.9 Å². The lowest BCUT2D eigenvalue weighted by molar-refractivity contribution is 0.101. The van der Waals surface area contributed by atoms with E-state index in [2.05, 4.69) is 15.4 Å². The number of aryl methyl sites for hydroxylation is 1. The molecule has 1 aromatic heterocycles. The fraction of sp³-hybridized carbons (Fsp3) is 0.0455. The molecule has 0 saturated carbocycles. The van der Waals surface area contributed by atoms with Gasteiger partial charge in [-0.15, -0.1) is 5.10 Å². The molecule has 4 rings (SSSR count). The Bertz CT molecular complexity index is 1170. The van der Waals surface area contributed by atoms with Crippen LogP contribution in [0.1, 0.15) is 16.2 Å². The van der Waals surface area contributed by atoms with Crippen molar-refractivity contribution in [2.24, 2.45) is 0 Å². The number of rotatable bonds is 4. The number of carbonyl (C=O) groups excluding carboxylic acids is 1. The van der Waals surface area contributed by atoms with Crippen LogP contribution in [0.3, 0.4) is 0 Å². The summed E-state index contributed by atoms with van der Waals surface area (Å²) in [6.07, 6.45) is 0. The van der Waals surface area contributed by atoms with Crippen LogP contribution >= 0.6 is 23.2 Å². The molecule has 1 amide bonds. The summed E-state index contributed by atoms with van der Waals surface area (Å²) in [7, 11) is 0. The van der Waals surface area contributed by atoms with E-state index >= 15 is 0 Å². The Hall–Kier alpha value is -3.15. The molecule has 0 aliphatic carbocycles. The van der Waals surface area contributed by atoms with Crippen molar-refractivity contribution < 1.29 is 4.79 Å². The van der Waals surface area contributed by atoms with Crippen molar-refractivity contribution in [1.82, 2.24) is 14.8 Å². The van der Waals surface area contributed by atoms with Gasteiger partial charge in [0.25, 0.3) is 5.91 Å². The Morgan fingerprint density at radius 3 is 2.38 bits per heavy atom. The molecular formula is C22H16Cl2N4O. The van der Waals surface area contributed by atoms with Gasteiger partial charge in [-0.25, -0.2) is 9.67 Å². The molecular weight excluding hydrogens is 407 g/mol. The van der Waals surface area contributed by atoms with Gasteiger partial charge in [-0.3, -0.25) is 4.79 Å². The Balaban J connectivity index is 1.73. The van der Waals surface area contributed by atoms with Gasteiger partial charge in [0.05, 0.1) is 5.69 Å². The second-order valence-corrected chi connectivity index (χ2v) is 7.27. The molecule has 144 valence electrons. The van der Waals surface area contributed by atoms with E-state index in [0.717, 1.165) is 16.8 Å². The van der Waals surface area contributed by atoms with Crippen LogP contribution in [-0.4, -0.2) is 20.7 Å². The van der Waals surface area contributed by atoms with Crippen molar-refractivity contribution in [3.8, 4) is 17.1 Å². The quantitative estimate of drug-likeness (QED) is 0.451. The third kappa shape index (κ3) is 4.16. The molecule has 29 heavy (non-hydrogen) atoms. The van der Waals surface area contributed by atoms with E-state index in [1.54, 1.807) is 28.9 Å². The molecule has 1 N–H and O–H groups in total. The summed E-state index contributed by atoms with van der Waals surface area (Å²) in [5.41, 5.74) is 3.10. The fourth-order valence-corrected chi connectivity index (χ4v) is 3.11. The van der Waals surface area contributed by atoms with E-state index in [4.69, 9.17) is 23.2 Å². The molecule has 5 nitrogen and oxygen atoms in total. The monoisotopic (exact) mass is 422 g/mol. The first-order valence-corrected chi connectivity index (χ1v) is 9.63. The third-order valence-electron chi connectivity index (χ3n) is 4.34. The third-order valence-corrected chi connectivity index (χ3v) is 5.00. The normalized spacial score (nSPS) is 10.7. The molecule has 0 atom stereocenters. The molecule has 0 radical (unpaired) electrons. The molecule has 0 saturated heterocycles. The zero-order valence-corrected chi connectivity index (χ0v) is 16.9. The van der Waals surface area contributed by atoms with E-state index in [1.807, 2.05) is 55.5 Å². The van der Waals surface area contributed by atoms with Gasteiger partial charge < -0.3 is 5.32 Å². The lowest BCUT2D eigenvalue weighted by Gasteiger charge is -2.06. The molecule has 0 spiro atoms. The van der Waals surface area contributed by atoms with Crippen molar-refractivity contribution in [2.45, 2.75) is 6.92 Å². The second kappa shape index (κ2) is 8.07. The number of hydrogen-bond acceptors (Lipinski definition) is 3. The SMILES string of the molecule is Cc1ccc(NC(=O)c2nc(-c3ccccc3)n(-c3ccc(Cl)cc3)n2)cc1Cl. The van der Waals surface area contributed by atoms with Gasteiger partial charge in [0.1, 0.15) is 0 Å². The zero-order valence-electron chi connectivity index (χ0n) is 15.4. The molecule has 0 fully saturated rings. The van der Waals surface area contributed by atoms with Crippen LogP contribution in [0.4, 0.5) is 5.69 Å². The Kier molecular flexibility index (Phi) is 5.34. The van der Waals surface area contributed by atoms with Crippen molar-refractivity contribution in [3.05, 3.63) is 94.2 Å². The van der Waals surface area contributed by atoms with E-state index < -0.39 is 5.91 Å². The number of anilines is 1. The molecule has 0 aliphatic rings. The van der Waals surface area contributed by atoms with Crippen molar-refractivity contribution in [1.29, 1.82) is 0 Å². The van der Waals surface area contributed by atoms with Crippen LogP contribution in [0.2, 0.25) is 10.0 Å². The van der Waals surface area contributed by atoms with Gasteiger partial charge in [0.15, 0.2) is 5.82 Å². The van der Waals surface area contributed by atoms with Crippen molar-refractivity contribution >= 4 is 34.8 Å². The molecule has 0 bridgehead atoms. The van der Waals surface area contributed by atoms with Gasteiger partial charge in [0, 0.05) is 21.3 Å². The summed E-state index contributed by atoms with van der Waals surface area (Å²) in [5.74, 6) is 0.185. The van der Waals surface area contributed by atoms with Gasteiger partial charge in [0.2, 0.25) is 5.82 Å². The number of carbonyl (C=O) groups is 1. The first kappa shape index (κ1) is 19.2. The number of aromatic nitrogens is 3. The molecule has 0 unspecified atom stereocenters. The number of nitrogens with one attached hydrogen (secondary N) is 1. The lowest BCUT2D eigenvalue weighted by atomic mass is 10.2. The van der Waals surface area contributed by atoms with Crippen LogP contribution in [0.15, 0.2) is 72.8 Å². The highest BCUT2D eigenvalue weighted by Gasteiger charge is 2.19. The van der Waals surface area contributed by atoms with Gasteiger partial charge >= 0.3 is 0 Å². The zero-order chi connectivity index (χ0) is 20.4. The Labute approximate surface area is 177 Å². The van der Waals surface area contributed by atoms with Crippen LogP contribution < -0.4 is 5.32 Å². The highest BCUT2D eigenvalue weighted by atomic mass is 35.5. The van der Waals surface area contributed by atoms with Crippen LogP contribution in [-0.2, 0) is 0 Å². The summed E-state index contributed by atoms with van der Waals surface area (Å²) < 4.78 is 1.63.